The third kappa shape index (κ3) is 2.78. The van der Waals surface area contributed by atoms with Gasteiger partial charge in [0.05, 0.1) is 25.7 Å². The van der Waals surface area contributed by atoms with Gasteiger partial charge in [-0.25, -0.2) is 0 Å². The average Bonchev–Trinajstić information content (AvgIpc) is 3.18. The molecule has 0 unspecified atom stereocenters. The molecule has 27 heavy (non-hydrogen) atoms. The fraction of sp³-hybridized carbons (Fsp3) is 0.905. The second kappa shape index (κ2) is 6.53. The van der Waals surface area contributed by atoms with E-state index in [9.17, 15) is 14.7 Å². The van der Waals surface area contributed by atoms with Crippen molar-refractivity contribution in [3.8, 4) is 0 Å². The largest absolute Gasteiger partial charge is 0.481 e. The highest BCUT2D eigenvalue weighted by Gasteiger charge is 2.68. The van der Waals surface area contributed by atoms with Crippen molar-refractivity contribution in [2.24, 2.45) is 28.6 Å². The minimum absolute atomic E-state index is 0.0865. The molecule has 0 aromatic carbocycles. The van der Waals surface area contributed by atoms with Crippen LogP contribution in [0.5, 0.6) is 0 Å². The molecular weight excluding hydrogens is 348 g/mol. The van der Waals surface area contributed by atoms with Gasteiger partial charge in [0.25, 0.3) is 0 Å². The van der Waals surface area contributed by atoms with Gasteiger partial charge in [-0.3, -0.25) is 9.59 Å². The van der Waals surface area contributed by atoms with Crippen molar-refractivity contribution in [2.45, 2.75) is 77.1 Å². The molecule has 152 valence electrons. The summed E-state index contributed by atoms with van der Waals surface area (Å²) in [4.78, 5) is 24.3. The summed E-state index contributed by atoms with van der Waals surface area (Å²) in [6, 6.07) is 0. The summed E-state index contributed by atoms with van der Waals surface area (Å²) in [5.74, 6) is -1.02. The molecule has 0 bridgehead atoms. The van der Waals surface area contributed by atoms with E-state index in [1.54, 1.807) is 0 Å². The first-order valence-electron chi connectivity index (χ1n) is 10.4. The van der Waals surface area contributed by atoms with E-state index in [1.807, 2.05) is 6.92 Å². The molecule has 3 saturated carbocycles. The van der Waals surface area contributed by atoms with Crippen molar-refractivity contribution in [3.05, 3.63) is 0 Å². The van der Waals surface area contributed by atoms with Crippen LogP contribution in [0.2, 0.25) is 0 Å². The number of carboxylic acids is 1. The summed E-state index contributed by atoms with van der Waals surface area (Å²) in [6.07, 6.45) is 4.64. The number of aliphatic hydroxyl groups excluding tert-OH is 1. The molecule has 6 heteroatoms. The first kappa shape index (κ1) is 19.3. The van der Waals surface area contributed by atoms with E-state index < -0.39 is 17.2 Å². The summed E-state index contributed by atoms with van der Waals surface area (Å²) in [5.41, 5.74) is -0.679. The van der Waals surface area contributed by atoms with Gasteiger partial charge < -0.3 is 19.7 Å². The Bertz CT molecular complexity index is 626. The second-order valence-electron chi connectivity index (χ2n) is 9.65. The molecular formula is C21H32O6. The molecule has 0 amide bonds. The Morgan fingerprint density at radius 2 is 1.85 bits per heavy atom. The molecule has 4 fully saturated rings. The number of carboxylic acid groups (broad SMARTS) is 1. The predicted octanol–water partition coefficient (Wildman–Crippen LogP) is 2.77. The topological polar surface area (TPSA) is 93.1 Å². The fourth-order valence-electron chi connectivity index (χ4n) is 6.89. The molecule has 4 rings (SSSR count). The first-order valence-corrected chi connectivity index (χ1v) is 10.4. The lowest BCUT2D eigenvalue weighted by atomic mass is 9.47. The van der Waals surface area contributed by atoms with Crippen LogP contribution in [0.4, 0.5) is 0 Å². The van der Waals surface area contributed by atoms with Crippen molar-refractivity contribution < 1.29 is 29.3 Å². The second-order valence-corrected chi connectivity index (χ2v) is 9.65. The van der Waals surface area contributed by atoms with Crippen molar-refractivity contribution in [3.63, 3.8) is 0 Å². The van der Waals surface area contributed by atoms with Crippen LogP contribution in [0.1, 0.15) is 65.2 Å². The number of aliphatic hydroxyl groups is 1. The summed E-state index contributed by atoms with van der Waals surface area (Å²) in [5, 5.41) is 19.7. The maximum atomic E-state index is 13.3. The smallest absolute Gasteiger partial charge is 0.303 e. The van der Waals surface area contributed by atoms with Crippen LogP contribution >= 0.6 is 0 Å². The van der Waals surface area contributed by atoms with E-state index in [-0.39, 0.29) is 47.9 Å². The lowest BCUT2D eigenvalue weighted by Crippen LogP contribution is -2.63. The van der Waals surface area contributed by atoms with Crippen molar-refractivity contribution in [1.29, 1.82) is 0 Å². The maximum Gasteiger partial charge on any atom is 0.303 e. The van der Waals surface area contributed by atoms with Crippen LogP contribution in [0.3, 0.4) is 0 Å². The first-order chi connectivity index (χ1) is 12.7. The zero-order valence-corrected chi connectivity index (χ0v) is 16.4. The molecule has 1 heterocycles. The molecule has 6 nitrogen and oxygen atoms in total. The van der Waals surface area contributed by atoms with Crippen molar-refractivity contribution in [2.75, 3.05) is 13.2 Å². The number of carbonyl (C=O) groups excluding carboxylic acids is 1. The van der Waals surface area contributed by atoms with E-state index in [1.165, 1.54) is 0 Å². The number of hydrogen-bond donors (Lipinski definition) is 2. The van der Waals surface area contributed by atoms with Gasteiger partial charge in [0.2, 0.25) is 0 Å². The van der Waals surface area contributed by atoms with Crippen LogP contribution < -0.4 is 0 Å². The number of hydrogen-bond acceptors (Lipinski definition) is 5. The summed E-state index contributed by atoms with van der Waals surface area (Å²) in [6.45, 7) is 5.24. The van der Waals surface area contributed by atoms with Crippen LogP contribution in [0.15, 0.2) is 0 Å². The van der Waals surface area contributed by atoms with E-state index in [2.05, 4.69) is 6.92 Å². The minimum Gasteiger partial charge on any atom is -0.481 e. The van der Waals surface area contributed by atoms with Crippen molar-refractivity contribution in [1.82, 2.24) is 0 Å². The average molecular weight is 380 g/mol. The molecule has 1 spiro atoms. The summed E-state index contributed by atoms with van der Waals surface area (Å²) >= 11 is 0. The molecule has 1 saturated heterocycles. The van der Waals surface area contributed by atoms with E-state index in [0.29, 0.717) is 26.1 Å². The van der Waals surface area contributed by atoms with Gasteiger partial charge in [-0.1, -0.05) is 13.8 Å². The van der Waals surface area contributed by atoms with Gasteiger partial charge in [-0.05, 0) is 55.8 Å². The summed E-state index contributed by atoms with van der Waals surface area (Å²) in [7, 11) is 0. The molecule has 3 aliphatic carbocycles. The molecule has 0 aromatic rings. The minimum atomic E-state index is -0.843. The third-order valence-electron chi connectivity index (χ3n) is 8.45. The molecule has 2 N–H and O–H groups in total. The SMILES string of the molecule is C[C@]12CC[C@H]3[C@H]([C@@H]1CC[C@@H]2O)C1(CC(=O)[C@]3(C)CCCC(=O)O)OCCO1. The number of ether oxygens (including phenoxy) is 2. The Labute approximate surface area is 160 Å². The van der Waals surface area contributed by atoms with Gasteiger partial charge in [-0.15, -0.1) is 0 Å². The van der Waals surface area contributed by atoms with Crippen LogP contribution in [0.25, 0.3) is 0 Å². The molecule has 0 radical (unpaired) electrons. The number of rotatable bonds is 4. The lowest BCUT2D eigenvalue weighted by molar-refractivity contribution is -0.269. The van der Waals surface area contributed by atoms with Gasteiger partial charge in [0.1, 0.15) is 5.78 Å². The monoisotopic (exact) mass is 380 g/mol. The van der Waals surface area contributed by atoms with Gasteiger partial charge >= 0.3 is 5.97 Å². The number of Topliss-reactive ketones (excluding diaryl/α,β-unsaturated/α-hetero) is 1. The Balaban J connectivity index is 1.69. The van der Waals surface area contributed by atoms with Crippen molar-refractivity contribution >= 4 is 11.8 Å². The molecule has 1 aliphatic heterocycles. The van der Waals surface area contributed by atoms with Crippen LogP contribution in [-0.4, -0.2) is 47.1 Å². The Morgan fingerprint density at radius 3 is 2.52 bits per heavy atom. The Kier molecular flexibility index (Phi) is 4.68. The fourth-order valence-corrected chi connectivity index (χ4v) is 6.89. The Morgan fingerprint density at radius 1 is 1.15 bits per heavy atom. The maximum absolute atomic E-state index is 13.3. The number of aliphatic carboxylic acids is 1. The third-order valence-corrected chi connectivity index (χ3v) is 8.45. The number of ketones is 1. The zero-order chi connectivity index (χ0) is 19.4. The predicted molar refractivity (Wildman–Crippen MR) is 96.9 cm³/mol. The van der Waals surface area contributed by atoms with E-state index in [0.717, 1.165) is 25.7 Å². The molecule has 0 aromatic heterocycles. The van der Waals surface area contributed by atoms with Gasteiger partial charge in [-0.2, -0.15) is 0 Å². The van der Waals surface area contributed by atoms with E-state index >= 15 is 0 Å². The quantitative estimate of drug-likeness (QED) is 0.779. The summed E-state index contributed by atoms with van der Waals surface area (Å²) < 4.78 is 12.3. The van der Waals surface area contributed by atoms with Gasteiger partial charge in [0.15, 0.2) is 5.79 Å². The highest BCUT2D eigenvalue weighted by molar-refractivity contribution is 5.87. The highest BCUT2D eigenvalue weighted by Crippen LogP contribution is 2.66. The van der Waals surface area contributed by atoms with Gasteiger partial charge in [0, 0.05) is 17.8 Å². The molecule has 6 atom stereocenters. The Hall–Kier alpha value is -0.980. The van der Waals surface area contributed by atoms with Crippen LogP contribution in [0, 0.1) is 28.6 Å². The van der Waals surface area contributed by atoms with E-state index in [4.69, 9.17) is 14.6 Å². The standard InChI is InChI=1S/C21H32O6/c1-19(8-3-4-17(24)25)14-7-9-20(2)13(5-6-15(20)22)18(14)21(12-16(19)23)26-10-11-27-21/h13-15,18,22H,3-12H2,1-2H3,(H,24,25)/t13-,14-,15-,18-,19+,20-/m0/s1. The van der Waals surface area contributed by atoms with Crippen LogP contribution in [-0.2, 0) is 19.1 Å². The zero-order valence-electron chi connectivity index (χ0n) is 16.4. The highest BCUT2D eigenvalue weighted by atomic mass is 16.7. The lowest BCUT2D eigenvalue weighted by Gasteiger charge is -2.60. The number of carbonyl (C=O) groups is 2. The molecule has 4 aliphatic rings. The normalized spacial score (nSPS) is 45.7. The number of fused-ring (bicyclic) bond motifs is 4.